The minimum Gasteiger partial charge on any atom is -0.438 e. The maximum Gasteiger partial charge on any atom is 0.229 e. The average molecular weight is 241 g/mol. The predicted octanol–water partition coefficient (Wildman–Crippen LogP) is 3.81. The molecule has 0 aliphatic carbocycles. The number of pyridine rings is 1. The lowest BCUT2D eigenvalue weighted by atomic mass is 10.0. The quantitative estimate of drug-likeness (QED) is 0.764. The summed E-state index contributed by atoms with van der Waals surface area (Å²) >= 11 is 0. The predicted molar refractivity (Wildman–Crippen MR) is 70.2 cm³/mol. The molecule has 0 fully saturated rings. The SMILES string of the molecule is CC(C)c1ccc(Oc2ncccc2C=O)cc1. The standard InChI is InChI=1S/C15H15NO2/c1-11(2)12-5-7-14(8-6-12)18-15-13(10-17)4-3-9-16-15/h3-11H,1-2H3. The van der Waals surface area contributed by atoms with Crippen LogP contribution in [0.15, 0.2) is 42.6 Å². The van der Waals surface area contributed by atoms with Gasteiger partial charge in [0.15, 0.2) is 6.29 Å². The Morgan fingerprint density at radius 3 is 2.50 bits per heavy atom. The Morgan fingerprint density at radius 2 is 1.89 bits per heavy atom. The number of hydrogen-bond acceptors (Lipinski definition) is 3. The van der Waals surface area contributed by atoms with Gasteiger partial charge in [-0.25, -0.2) is 4.98 Å². The summed E-state index contributed by atoms with van der Waals surface area (Å²) in [5.41, 5.74) is 1.70. The molecule has 0 N–H and O–H groups in total. The van der Waals surface area contributed by atoms with Gasteiger partial charge in [0.25, 0.3) is 0 Å². The molecular formula is C15H15NO2. The van der Waals surface area contributed by atoms with Crippen molar-refractivity contribution < 1.29 is 9.53 Å². The van der Waals surface area contributed by atoms with Crippen LogP contribution >= 0.6 is 0 Å². The van der Waals surface area contributed by atoms with Gasteiger partial charge in [-0.2, -0.15) is 0 Å². The Morgan fingerprint density at radius 1 is 1.17 bits per heavy atom. The van der Waals surface area contributed by atoms with Crippen molar-refractivity contribution in [3.8, 4) is 11.6 Å². The van der Waals surface area contributed by atoms with E-state index >= 15 is 0 Å². The summed E-state index contributed by atoms with van der Waals surface area (Å²) in [4.78, 5) is 14.9. The summed E-state index contributed by atoms with van der Waals surface area (Å²) in [7, 11) is 0. The molecule has 3 heteroatoms. The van der Waals surface area contributed by atoms with E-state index in [9.17, 15) is 4.79 Å². The van der Waals surface area contributed by atoms with Crippen LogP contribution in [0.3, 0.4) is 0 Å². The van der Waals surface area contributed by atoms with Crippen molar-refractivity contribution in [3.63, 3.8) is 0 Å². The van der Waals surface area contributed by atoms with Crippen LogP contribution in [0.4, 0.5) is 0 Å². The van der Waals surface area contributed by atoms with Crippen LogP contribution < -0.4 is 4.74 Å². The normalized spacial score (nSPS) is 10.4. The van der Waals surface area contributed by atoms with Crippen LogP contribution in [0.25, 0.3) is 0 Å². The van der Waals surface area contributed by atoms with Crippen LogP contribution in [0.5, 0.6) is 11.6 Å². The van der Waals surface area contributed by atoms with Crippen LogP contribution in [0.1, 0.15) is 35.7 Å². The molecule has 18 heavy (non-hydrogen) atoms. The van der Waals surface area contributed by atoms with E-state index in [1.54, 1.807) is 18.3 Å². The lowest BCUT2D eigenvalue weighted by Crippen LogP contribution is -1.93. The molecule has 0 unspecified atom stereocenters. The lowest BCUT2D eigenvalue weighted by Gasteiger charge is -2.08. The number of rotatable bonds is 4. The largest absolute Gasteiger partial charge is 0.438 e. The Bertz CT molecular complexity index is 532. The van der Waals surface area contributed by atoms with E-state index in [1.165, 1.54) is 5.56 Å². The van der Waals surface area contributed by atoms with Crippen molar-refractivity contribution in [2.45, 2.75) is 19.8 Å². The molecular weight excluding hydrogens is 226 g/mol. The van der Waals surface area contributed by atoms with Gasteiger partial charge < -0.3 is 4.74 Å². The molecule has 1 heterocycles. The molecule has 0 saturated heterocycles. The lowest BCUT2D eigenvalue weighted by molar-refractivity contribution is 0.112. The first kappa shape index (κ1) is 12.3. The zero-order valence-electron chi connectivity index (χ0n) is 10.5. The molecule has 92 valence electrons. The fraction of sp³-hybridized carbons (Fsp3) is 0.200. The fourth-order valence-corrected chi connectivity index (χ4v) is 1.61. The van der Waals surface area contributed by atoms with E-state index in [2.05, 4.69) is 18.8 Å². The Hall–Kier alpha value is -2.16. The summed E-state index contributed by atoms with van der Waals surface area (Å²) in [5.74, 6) is 1.51. The first-order chi connectivity index (χ1) is 8.70. The fourth-order valence-electron chi connectivity index (χ4n) is 1.61. The van der Waals surface area contributed by atoms with Gasteiger partial charge in [-0.05, 0) is 35.7 Å². The van der Waals surface area contributed by atoms with E-state index in [-0.39, 0.29) is 0 Å². The maximum absolute atomic E-state index is 10.8. The highest BCUT2D eigenvalue weighted by molar-refractivity contribution is 5.78. The number of benzene rings is 1. The average Bonchev–Trinajstić information content (AvgIpc) is 2.40. The number of hydrogen-bond donors (Lipinski definition) is 0. The smallest absolute Gasteiger partial charge is 0.229 e. The first-order valence-electron chi connectivity index (χ1n) is 5.88. The van der Waals surface area contributed by atoms with Crippen LogP contribution in [-0.4, -0.2) is 11.3 Å². The first-order valence-corrected chi connectivity index (χ1v) is 5.88. The number of aromatic nitrogens is 1. The third-order valence-electron chi connectivity index (χ3n) is 2.69. The Kier molecular flexibility index (Phi) is 3.72. The van der Waals surface area contributed by atoms with Crippen molar-refractivity contribution in [2.24, 2.45) is 0 Å². The highest BCUT2D eigenvalue weighted by Gasteiger charge is 2.05. The van der Waals surface area contributed by atoms with Crippen LogP contribution in [-0.2, 0) is 0 Å². The molecule has 2 rings (SSSR count). The van der Waals surface area contributed by atoms with Gasteiger partial charge >= 0.3 is 0 Å². The Balaban J connectivity index is 2.21. The van der Waals surface area contributed by atoms with Crippen molar-refractivity contribution in [3.05, 3.63) is 53.7 Å². The van der Waals surface area contributed by atoms with Gasteiger partial charge in [-0.3, -0.25) is 4.79 Å². The van der Waals surface area contributed by atoms with Crippen molar-refractivity contribution in [2.75, 3.05) is 0 Å². The molecule has 0 amide bonds. The molecule has 0 spiro atoms. The second-order valence-electron chi connectivity index (χ2n) is 4.34. The molecule has 1 aromatic carbocycles. The minimum atomic E-state index is 0.338. The molecule has 0 atom stereocenters. The number of carbonyl (C=O) groups excluding carboxylic acids is 1. The summed E-state index contributed by atoms with van der Waals surface area (Å²) in [6.45, 7) is 4.28. The molecule has 1 aromatic heterocycles. The number of ether oxygens (including phenoxy) is 1. The van der Waals surface area contributed by atoms with E-state index in [1.807, 2.05) is 24.3 Å². The van der Waals surface area contributed by atoms with Crippen molar-refractivity contribution in [1.82, 2.24) is 4.98 Å². The van der Waals surface area contributed by atoms with Crippen LogP contribution in [0.2, 0.25) is 0 Å². The molecule has 0 radical (unpaired) electrons. The van der Waals surface area contributed by atoms with Gasteiger partial charge in [-0.1, -0.05) is 26.0 Å². The minimum absolute atomic E-state index is 0.338. The van der Waals surface area contributed by atoms with E-state index in [4.69, 9.17) is 4.74 Å². The number of nitrogens with zero attached hydrogens (tertiary/aromatic N) is 1. The maximum atomic E-state index is 10.8. The monoisotopic (exact) mass is 241 g/mol. The van der Waals surface area contributed by atoms with Gasteiger partial charge in [0.1, 0.15) is 5.75 Å². The van der Waals surface area contributed by atoms with Gasteiger partial charge in [0, 0.05) is 6.20 Å². The summed E-state index contributed by atoms with van der Waals surface area (Å²) in [5, 5.41) is 0. The third-order valence-corrected chi connectivity index (χ3v) is 2.69. The van der Waals surface area contributed by atoms with E-state index < -0.39 is 0 Å². The number of aldehydes is 1. The van der Waals surface area contributed by atoms with Crippen molar-refractivity contribution >= 4 is 6.29 Å². The van der Waals surface area contributed by atoms with Crippen molar-refractivity contribution in [1.29, 1.82) is 0 Å². The van der Waals surface area contributed by atoms with Crippen LogP contribution in [0, 0.1) is 0 Å². The molecule has 0 aliphatic rings. The van der Waals surface area contributed by atoms with E-state index in [0.29, 0.717) is 23.1 Å². The molecule has 3 nitrogen and oxygen atoms in total. The molecule has 0 bridgehead atoms. The van der Waals surface area contributed by atoms with E-state index in [0.717, 1.165) is 6.29 Å². The summed E-state index contributed by atoms with van der Waals surface area (Å²) in [6, 6.07) is 11.2. The highest BCUT2D eigenvalue weighted by Crippen LogP contribution is 2.24. The molecule has 0 saturated carbocycles. The topological polar surface area (TPSA) is 39.2 Å². The van der Waals surface area contributed by atoms with Gasteiger partial charge in [0.05, 0.1) is 5.56 Å². The summed E-state index contributed by atoms with van der Waals surface area (Å²) < 4.78 is 5.59. The number of carbonyl (C=O) groups is 1. The third kappa shape index (κ3) is 2.74. The van der Waals surface area contributed by atoms with Gasteiger partial charge in [-0.15, -0.1) is 0 Å². The molecule has 0 aliphatic heterocycles. The summed E-state index contributed by atoms with van der Waals surface area (Å²) in [6.07, 6.45) is 2.34. The second-order valence-corrected chi connectivity index (χ2v) is 4.34. The second kappa shape index (κ2) is 5.45. The highest BCUT2D eigenvalue weighted by atomic mass is 16.5. The van der Waals surface area contributed by atoms with Gasteiger partial charge in [0.2, 0.25) is 5.88 Å². The zero-order chi connectivity index (χ0) is 13.0. The Labute approximate surface area is 106 Å². The molecule has 2 aromatic rings. The zero-order valence-corrected chi connectivity index (χ0v) is 10.5.